The van der Waals surface area contributed by atoms with Crippen molar-refractivity contribution in [2.45, 2.75) is 18.5 Å². The summed E-state index contributed by atoms with van der Waals surface area (Å²) in [7, 11) is 0. The van der Waals surface area contributed by atoms with Gasteiger partial charge in [0.15, 0.2) is 6.04 Å². The van der Waals surface area contributed by atoms with E-state index in [1.165, 1.54) is 6.07 Å². The number of terminal acetylenes is 1. The topological polar surface area (TPSA) is 92.4 Å². The van der Waals surface area contributed by atoms with Gasteiger partial charge >= 0.3 is 5.97 Å². The fourth-order valence-corrected chi connectivity index (χ4v) is 1.70. The Balaban J connectivity index is 2.92. The summed E-state index contributed by atoms with van der Waals surface area (Å²) in [4.78, 5) is 22.9. The fraction of sp³-hybridized carbons (Fsp3) is 0.231. The maximum absolute atomic E-state index is 11.7. The molecule has 0 fully saturated rings. The molecule has 100 valence electrons. The SMILES string of the molecule is C#CCC(N)C(=O)N[C@@H](C(=O)O)c1ccccc1Cl. The summed E-state index contributed by atoms with van der Waals surface area (Å²) in [6, 6.07) is 4.15. The molecule has 0 aromatic heterocycles. The molecule has 0 aliphatic carbocycles. The summed E-state index contributed by atoms with van der Waals surface area (Å²) in [6.45, 7) is 0. The molecule has 1 rings (SSSR count). The molecule has 0 spiro atoms. The van der Waals surface area contributed by atoms with Gasteiger partial charge in [0.2, 0.25) is 5.91 Å². The van der Waals surface area contributed by atoms with Gasteiger partial charge in [0, 0.05) is 17.0 Å². The molecule has 19 heavy (non-hydrogen) atoms. The Hall–Kier alpha value is -2.03. The van der Waals surface area contributed by atoms with Gasteiger partial charge < -0.3 is 16.2 Å². The minimum Gasteiger partial charge on any atom is -0.479 e. The van der Waals surface area contributed by atoms with E-state index in [0.29, 0.717) is 0 Å². The lowest BCUT2D eigenvalue weighted by Gasteiger charge is -2.18. The second kappa shape index (κ2) is 6.78. The predicted octanol–water partition coefficient (Wildman–Crippen LogP) is 0.933. The lowest BCUT2D eigenvalue weighted by atomic mass is 10.1. The van der Waals surface area contributed by atoms with E-state index in [2.05, 4.69) is 11.2 Å². The van der Waals surface area contributed by atoms with Crippen LogP contribution in [0.4, 0.5) is 0 Å². The molecule has 0 saturated carbocycles. The molecule has 0 aliphatic rings. The summed E-state index contributed by atoms with van der Waals surface area (Å²) in [6.07, 6.45) is 5.07. The van der Waals surface area contributed by atoms with Gasteiger partial charge in [-0.05, 0) is 6.07 Å². The van der Waals surface area contributed by atoms with E-state index in [-0.39, 0.29) is 17.0 Å². The number of nitrogens with two attached hydrogens (primary N) is 1. The summed E-state index contributed by atoms with van der Waals surface area (Å²) in [5.41, 5.74) is 5.80. The fourth-order valence-electron chi connectivity index (χ4n) is 1.45. The maximum atomic E-state index is 11.7. The summed E-state index contributed by atoms with van der Waals surface area (Å²) in [5.74, 6) is 0.381. The van der Waals surface area contributed by atoms with Crippen molar-refractivity contribution >= 4 is 23.5 Å². The Morgan fingerprint density at radius 2 is 2.11 bits per heavy atom. The van der Waals surface area contributed by atoms with Gasteiger partial charge in [-0.3, -0.25) is 4.79 Å². The number of carboxylic acids is 1. The molecule has 0 saturated heterocycles. The first-order valence-electron chi connectivity index (χ1n) is 5.44. The largest absolute Gasteiger partial charge is 0.479 e. The molecule has 1 aromatic carbocycles. The van der Waals surface area contributed by atoms with Gasteiger partial charge in [-0.25, -0.2) is 4.79 Å². The minimum absolute atomic E-state index is 0.0285. The molecule has 2 atom stereocenters. The van der Waals surface area contributed by atoms with E-state index in [4.69, 9.17) is 28.9 Å². The van der Waals surface area contributed by atoms with Gasteiger partial charge in [0.1, 0.15) is 0 Å². The monoisotopic (exact) mass is 280 g/mol. The molecule has 4 N–H and O–H groups in total. The quantitative estimate of drug-likeness (QED) is 0.700. The lowest BCUT2D eigenvalue weighted by Crippen LogP contribution is -2.44. The van der Waals surface area contributed by atoms with Gasteiger partial charge in [-0.15, -0.1) is 12.3 Å². The van der Waals surface area contributed by atoms with Gasteiger partial charge in [0.05, 0.1) is 6.04 Å². The van der Waals surface area contributed by atoms with E-state index in [1.807, 2.05) is 0 Å². The Morgan fingerprint density at radius 1 is 1.47 bits per heavy atom. The molecule has 0 bridgehead atoms. The summed E-state index contributed by atoms with van der Waals surface area (Å²) >= 11 is 5.91. The number of hydrogen-bond donors (Lipinski definition) is 3. The van der Waals surface area contributed by atoms with Crippen LogP contribution in [0.5, 0.6) is 0 Å². The van der Waals surface area contributed by atoms with Crippen molar-refractivity contribution in [3.8, 4) is 12.3 Å². The molecular weight excluding hydrogens is 268 g/mol. The Kier molecular flexibility index (Phi) is 5.37. The molecule has 1 unspecified atom stereocenters. The number of benzene rings is 1. The highest BCUT2D eigenvalue weighted by atomic mass is 35.5. The van der Waals surface area contributed by atoms with E-state index < -0.39 is 24.0 Å². The van der Waals surface area contributed by atoms with Gasteiger partial charge in [-0.1, -0.05) is 29.8 Å². The average Bonchev–Trinajstić information content (AvgIpc) is 2.36. The Labute approximate surface area is 115 Å². The predicted molar refractivity (Wildman–Crippen MR) is 71.4 cm³/mol. The van der Waals surface area contributed by atoms with Crippen LogP contribution < -0.4 is 11.1 Å². The molecular formula is C13H13ClN2O3. The van der Waals surface area contributed by atoms with Crippen LogP contribution in [0.2, 0.25) is 5.02 Å². The normalized spacial score (nSPS) is 13.1. The third kappa shape index (κ3) is 3.98. The smallest absolute Gasteiger partial charge is 0.330 e. The molecule has 6 heteroatoms. The minimum atomic E-state index is -1.26. The Morgan fingerprint density at radius 3 is 2.63 bits per heavy atom. The second-order valence-electron chi connectivity index (χ2n) is 3.82. The number of carbonyl (C=O) groups excluding carboxylic acids is 1. The Bertz CT molecular complexity index is 525. The standard InChI is InChI=1S/C13H13ClN2O3/c1-2-5-10(15)12(17)16-11(13(18)19)8-6-3-4-7-9(8)14/h1,3-4,6-7,10-11H,5,15H2,(H,16,17)(H,18,19)/t10?,11-/m1/s1. The van der Waals surface area contributed by atoms with Crippen LogP contribution in [-0.4, -0.2) is 23.0 Å². The first kappa shape index (κ1) is 15.0. The van der Waals surface area contributed by atoms with Crippen LogP contribution in [0.25, 0.3) is 0 Å². The van der Waals surface area contributed by atoms with Crippen molar-refractivity contribution in [1.82, 2.24) is 5.32 Å². The maximum Gasteiger partial charge on any atom is 0.330 e. The first-order valence-corrected chi connectivity index (χ1v) is 5.81. The number of carbonyl (C=O) groups is 2. The zero-order valence-corrected chi connectivity index (χ0v) is 10.7. The van der Waals surface area contributed by atoms with Crippen LogP contribution in [0, 0.1) is 12.3 Å². The number of amides is 1. The number of carboxylic acid groups (broad SMARTS) is 1. The molecule has 0 heterocycles. The zero-order valence-electron chi connectivity index (χ0n) is 9.97. The average molecular weight is 281 g/mol. The highest BCUT2D eigenvalue weighted by Gasteiger charge is 2.26. The van der Waals surface area contributed by atoms with Crippen molar-refractivity contribution < 1.29 is 14.7 Å². The van der Waals surface area contributed by atoms with Gasteiger partial charge in [-0.2, -0.15) is 0 Å². The van der Waals surface area contributed by atoms with Crippen LogP contribution in [0.1, 0.15) is 18.0 Å². The number of rotatable bonds is 5. The van der Waals surface area contributed by atoms with Crippen LogP contribution >= 0.6 is 11.6 Å². The molecule has 0 aliphatic heterocycles. The first-order chi connectivity index (χ1) is 8.97. The van der Waals surface area contributed by atoms with E-state index in [1.54, 1.807) is 18.2 Å². The van der Waals surface area contributed by atoms with Crippen molar-refractivity contribution in [3.63, 3.8) is 0 Å². The van der Waals surface area contributed by atoms with Crippen LogP contribution in [0.15, 0.2) is 24.3 Å². The summed E-state index contributed by atoms with van der Waals surface area (Å²) in [5, 5.41) is 11.7. The third-order valence-corrected chi connectivity index (χ3v) is 2.77. The molecule has 0 radical (unpaired) electrons. The molecule has 1 amide bonds. The number of hydrogen-bond acceptors (Lipinski definition) is 3. The lowest BCUT2D eigenvalue weighted by molar-refractivity contribution is -0.142. The number of nitrogens with one attached hydrogen (secondary N) is 1. The van der Waals surface area contributed by atoms with E-state index in [9.17, 15) is 9.59 Å². The summed E-state index contributed by atoms with van der Waals surface area (Å²) < 4.78 is 0. The zero-order chi connectivity index (χ0) is 14.4. The van der Waals surface area contributed by atoms with Gasteiger partial charge in [0.25, 0.3) is 0 Å². The number of halogens is 1. The van der Waals surface area contributed by atoms with Crippen molar-refractivity contribution in [2.24, 2.45) is 5.73 Å². The van der Waals surface area contributed by atoms with E-state index in [0.717, 1.165) is 0 Å². The second-order valence-corrected chi connectivity index (χ2v) is 4.22. The van der Waals surface area contributed by atoms with Crippen LogP contribution in [0.3, 0.4) is 0 Å². The van der Waals surface area contributed by atoms with Crippen molar-refractivity contribution in [2.75, 3.05) is 0 Å². The van der Waals surface area contributed by atoms with Crippen LogP contribution in [-0.2, 0) is 9.59 Å². The highest BCUT2D eigenvalue weighted by molar-refractivity contribution is 6.31. The van der Waals surface area contributed by atoms with Crippen molar-refractivity contribution in [3.05, 3.63) is 34.9 Å². The van der Waals surface area contributed by atoms with E-state index >= 15 is 0 Å². The molecule has 1 aromatic rings. The molecule has 5 nitrogen and oxygen atoms in total. The highest BCUT2D eigenvalue weighted by Crippen LogP contribution is 2.22. The third-order valence-electron chi connectivity index (χ3n) is 2.42. The van der Waals surface area contributed by atoms with Crippen molar-refractivity contribution in [1.29, 1.82) is 0 Å². The number of aliphatic carboxylic acids is 1.